The second-order valence-corrected chi connectivity index (χ2v) is 4.58. The van der Waals surface area contributed by atoms with Gasteiger partial charge in [0.25, 0.3) is 0 Å². The van der Waals surface area contributed by atoms with E-state index in [0.717, 1.165) is 28.9 Å². The minimum absolute atomic E-state index is 0.550. The van der Waals surface area contributed by atoms with Crippen molar-refractivity contribution < 1.29 is 9.47 Å². The molecule has 1 aromatic rings. The van der Waals surface area contributed by atoms with E-state index in [0.29, 0.717) is 19.6 Å². The molecule has 0 amide bonds. The predicted octanol–water partition coefficient (Wildman–Crippen LogP) is 2.59. The summed E-state index contributed by atoms with van der Waals surface area (Å²) in [6.07, 6.45) is 5.80. The molecule has 0 fully saturated rings. The average molecular weight is 312 g/mol. The highest BCUT2D eigenvalue weighted by Gasteiger charge is 2.02. The van der Waals surface area contributed by atoms with Crippen LogP contribution < -0.4 is 10.1 Å². The molecule has 0 saturated carbocycles. The van der Waals surface area contributed by atoms with Crippen molar-refractivity contribution in [2.45, 2.75) is 13.0 Å². The fourth-order valence-corrected chi connectivity index (χ4v) is 1.79. The van der Waals surface area contributed by atoms with Gasteiger partial charge in [-0.15, -0.1) is 12.3 Å². The van der Waals surface area contributed by atoms with E-state index < -0.39 is 0 Å². The number of benzene rings is 1. The zero-order valence-electron chi connectivity index (χ0n) is 10.5. The van der Waals surface area contributed by atoms with Gasteiger partial charge in [-0.3, -0.25) is 0 Å². The molecule has 1 aromatic carbocycles. The van der Waals surface area contributed by atoms with Crippen molar-refractivity contribution in [2.24, 2.45) is 0 Å². The van der Waals surface area contributed by atoms with E-state index in [4.69, 9.17) is 15.9 Å². The van der Waals surface area contributed by atoms with E-state index in [1.165, 1.54) is 0 Å². The number of ether oxygens (including phenoxy) is 2. The van der Waals surface area contributed by atoms with E-state index in [1.54, 1.807) is 7.11 Å². The quantitative estimate of drug-likeness (QED) is 0.591. The van der Waals surface area contributed by atoms with E-state index in [9.17, 15) is 0 Å². The van der Waals surface area contributed by atoms with Crippen molar-refractivity contribution in [3.05, 3.63) is 28.2 Å². The van der Waals surface area contributed by atoms with Gasteiger partial charge < -0.3 is 14.8 Å². The molecule has 98 valence electrons. The maximum absolute atomic E-state index is 5.55. The molecular weight excluding hydrogens is 294 g/mol. The lowest BCUT2D eigenvalue weighted by atomic mass is 10.2. The number of halogens is 1. The summed E-state index contributed by atoms with van der Waals surface area (Å²) in [4.78, 5) is 0. The van der Waals surface area contributed by atoms with Crippen molar-refractivity contribution in [3.8, 4) is 18.1 Å². The third-order valence-corrected chi connectivity index (χ3v) is 3.10. The molecule has 0 heterocycles. The molecule has 4 heteroatoms. The predicted molar refractivity (Wildman–Crippen MR) is 76.7 cm³/mol. The minimum Gasteiger partial charge on any atom is -0.493 e. The smallest absolute Gasteiger partial charge is 0.119 e. The van der Waals surface area contributed by atoms with Gasteiger partial charge in [0, 0.05) is 31.1 Å². The van der Waals surface area contributed by atoms with E-state index in [1.807, 2.05) is 18.2 Å². The van der Waals surface area contributed by atoms with Crippen molar-refractivity contribution in [2.75, 3.05) is 26.9 Å². The molecule has 0 atom stereocenters. The van der Waals surface area contributed by atoms with Crippen molar-refractivity contribution in [1.82, 2.24) is 5.32 Å². The number of rotatable bonds is 8. The van der Waals surface area contributed by atoms with Crippen LogP contribution in [0.5, 0.6) is 5.75 Å². The standard InChI is InChI=1S/C14H18BrNO2/c1-3-4-8-18-13-5-6-14(15)12(10-13)11-16-7-9-17-2/h1,5-6,10,16H,4,7-9,11H2,2H3. The summed E-state index contributed by atoms with van der Waals surface area (Å²) < 4.78 is 11.6. The van der Waals surface area contributed by atoms with Crippen LogP contribution in [0.4, 0.5) is 0 Å². The molecule has 0 radical (unpaired) electrons. The van der Waals surface area contributed by atoms with Crippen LogP contribution in [0.15, 0.2) is 22.7 Å². The summed E-state index contributed by atoms with van der Waals surface area (Å²) in [5, 5.41) is 3.30. The van der Waals surface area contributed by atoms with Crippen LogP contribution in [0.1, 0.15) is 12.0 Å². The second-order valence-electron chi connectivity index (χ2n) is 3.73. The van der Waals surface area contributed by atoms with Gasteiger partial charge in [0.15, 0.2) is 0 Å². The molecule has 0 unspecified atom stereocenters. The van der Waals surface area contributed by atoms with Crippen LogP contribution in [-0.2, 0) is 11.3 Å². The maximum Gasteiger partial charge on any atom is 0.119 e. The Morgan fingerprint density at radius 2 is 2.22 bits per heavy atom. The van der Waals surface area contributed by atoms with Gasteiger partial charge in [-0.2, -0.15) is 0 Å². The Balaban J connectivity index is 2.50. The molecule has 0 spiro atoms. The molecule has 18 heavy (non-hydrogen) atoms. The van der Waals surface area contributed by atoms with Crippen molar-refractivity contribution in [3.63, 3.8) is 0 Å². The molecule has 0 saturated heterocycles. The second kappa shape index (κ2) is 8.98. The molecule has 1 N–H and O–H groups in total. The number of nitrogens with one attached hydrogen (secondary N) is 1. The molecular formula is C14H18BrNO2. The van der Waals surface area contributed by atoms with Gasteiger partial charge in [-0.25, -0.2) is 0 Å². The van der Waals surface area contributed by atoms with Gasteiger partial charge in [-0.1, -0.05) is 15.9 Å². The lowest BCUT2D eigenvalue weighted by molar-refractivity contribution is 0.199. The normalized spacial score (nSPS) is 10.1. The first-order chi connectivity index (χ1) is 8.77. The van der Waals surface area contributed by atoms with E-state index >= 15 is 0 Å². The largest absolute Gasteiger partial charge is 0.493 e. The average Bonchev–Trinajstić information content (AvgIpc) is 2.38. The van der Waals surface area contributed by atoms with E-state index in [2.05, 4.69) is 27.2 Å². The molecule has 0 aliphatic heterocycles. The van der Waals surface area contributed by atoms with Crippen LogP contribution in [0, 0.1) is 12.3 Å². The number of methoxy groups -OCH3 is 1. The Labute approximate surface area is 117 Å². The number of terminal acetylenes is 1. The van der Waals surface area contributed by atoms with E-state index in [-0.39, 0.29) is 0 Å². The molecule has 0 bridgehead atoms. The third kappa shape index (κ3) is 5.54. The minimum atomic E-state index is 0.550. The highest BCUT2D eigenvalue weighted by molar-refractivity contribution is 9.10. The first-order valence-electron chi connectivity index (χ1n) is 5.82. The van der Waals surface area contributed by atoms with Crippen LogP contribution in [0.25, 0.3) is 0 Å². The Hall–Kier alpha value is -1.02. The summed E-state index contributed by atoms with van der Waals surface area (Å²) in [6.45, 7) is 2.85. The Morgan fingerprint density at radius 3 is 2.94 bits per heavy atom. The highest BCUT2D eigenvalue weighted by Crippen LogP contribution is 2.22. The zero-order valence-corrected chi connectivity index (χ0v) is 12.1. The van der Waals surface area contributed by atoms with Gasteiger partial charge in [0.1, 0.15) is 5.75 Å². The lowest BCUT2D eigenvalue weighted by Crippen LogP contribution is -2.18. The van der Waals surface area contributed by atoms with Gasteiger partial charge in [-0.05, 0) is 23.8 Å². The SMILES string of the molecule is C#CCCOc1ccc(Br)c(CNCCOC)c1. The van der Waals surface area contributed by atoms with Crippen LogP contribution in [0.3, 0.4) is 0 Å². The van der Waals surface area contributed by atoms with Crippen LogP contribution >= 0.6 is 15.9 Å². The summed E-state index contributed by atoms with van der Waals surface area (Å²) in [5.41, 5.74) is 1.16. The van der Waals surface area contributed by atoms with Crippen molar-refractivity contribution >= 4 is 15.9 Å². The number of hydrogen-bond acceptors (Lipinski definition) is 3. The zero-order chi connectivity index (χ0) is 13.2. The number of hydrogen-bond donors (Lipinski definition) is 1. The van der Waals surface area contributed by atoms with Crippen LogP contribution in [0.2, 0.25) is 0 Å². The summed E-state index contributed by atoms with van der Waals surface area (Å²) in [6, 6.07) is 5.93. The third-order valence-electron chi connectivity index (χ3n) is 2.33. The molecule has 1 rings (SSSR count). The molecule has 0 aromatic heterocycles. The van der Waals surface area contributed by atoms with Crippen LogP contribution in [-0.4, -0.2) is 26.9 Å². The monoisotopic (exact) mass is 311 g/mol. The fourth-order valence-electron chi connectivity index (χ4n) is 1.40. The maximum atomic E-state index is 5.55. The van der Waals surface area contributed by atoms with Crippen molar-refractivity contribution in [1.29, 1.82) is 0 Å². The van der Waals surface area contributed by atoms with Gasteiger partial charge in [0.2, 0.25) is 0 Å². The van der Waals surface area contributed by atoms with Gasteiger partial charge in [0.05, 0.1) is 13.2 Å². The van der Waals surface area contributed by atoms with Gasteiger partial charge >= 0.3 is 0 Å². The first-order valence-corrected chi connectivity index (χ1v) is 6.61. The summed E-state index contributed by atoms with van der Waals surface area (Å²) >= 11 is 3.52. The Morgan fingerprint density at radius 1 is 1.39 bits per heavy atom. The molecule has 3 nitrogen and oxygen atoms in total. The molecule has 0 aliphatic rings. The fraction of sp³-hybridized carbons (Fsp3) is 0.429. The first kappa shape index (κ1) is 15.0. The highest BCUT2D eigenvalue weighted by atomic mass is 79.9. The molecule has 0 aliphatic carbocycles. The Kier molecular flexibility index (Phi) is 7.51. The summed E-state index contributed by atoms with van der Waals surface area (Å²) in [5.74, 6) is 3.40. The lowest BCUT2D eigenvalue weighted by Gasteiger charge is -2.10. The summed E-state index contributed by atoms with van der Waals surface area (Å²) in [7, 11) is 1.69. The Bertz CT molecular complexity index is 401. The topological polar surface area (TPSA) is 30.5 Å².